The summed E-state index contributed by atoms with van der Waals surface area (Å²) in [6.07, 6.45) is 3.88. The van der Waals surface area contributed by atoms with Crippen LogP contribution in [-0.2, 0) is 7.05 Å². The molecule has 0 bridgehead atoms. The van der Waals surface area contributed by atoms with Gasteiger partial charge in [-0.25, -0.2) is 0 Å². The third kappa shape index (κ3) is 2.66. The van der Waals surface area contributed by atoms with Crippen LogP contribution < -0.4 is 5.32 Å². The predicted molar refractivity (Wildman–Crippen MR) is 65.8 cm³/mol. The first-order valence-corrected chi connectivity index (χ1v) is 6.23. The number of piperidine rings is 1. The van der Waals surface area contributed by atoms with E-state index in [1.165, 1.54) is 0 Å². The second-order valence-electron chi connectivity index (χ2n) is 4.45. The minimum atomic E-state index is 0.0556. The van der Waals surface area contributed by atoms with Crippen LogP contribution in [0.3, 0.4) is 0 Å². The van der Waals surface area contributed by atoms with Crippen molar-refractivity contribution >= 4 is 5.91 Å². The molecule has 2 rings (SSSR count). The number of carbonyl (C=O) groups excluding carboxylic acids is 1. The Balaban J connectivity index is 2.09. The van der Waals surface area contributed by atoms with Gasteiger partial charge in [-0.1, -0.05) is 0 Å². The van der Waals surface area contributed by atoms with E-state index >= 15 is 0 Å². The first-order valence-electron chi connectivity index (χ1n) is 6.23. The fourth-order valence-corrected chi connectivity index (χ4v) is 2.36. The van der Waals surface area contributed by atoms with E-state index in [0.29, 0.717) is 11.7 Å². The molecule has 0 unspecified atom stereocenters. The lowest BCUT2D eigenvalue weighted by Crippen LogP contribution is -2.46. The Bertz CT molecular complexity index is 382. The standard InChI is InChI=1S/C12H20N4O/c1-3-16(10-4-7-13-8-5-10)12(17)11-6-9-15(2)14-11/h6,9-10,13H,3-5,7-8H2,1-2H3. The van der Waals surface area contributed by atoms with Gasteiger partial charge in [0.25, 0.3) is 5.91 Å². The van der Waals surface area contributed by atoms with E-state index < -0.39 is 0 Å². The average molecular weight is 236 g/mol. The summed E-state index contributed by atoms with van der Waals surface area (Å²) in [7, 11) is 1.83. The van der Waals surface area contributed by atoms with Crippen LogP contribution in [-0.4, -0.2) is 46.3 Å². The Morgan fingerprint density at radius 1 is 1.59 bits per heavy atom. The van der Waals surface area contributed by atoms with Gasteiger partial charge in [-0.3, -0.25) is 9.48 Å². The molecule has 1 aliphatic heterocycles. The van der Waals surface area contributed by atoms with Gasteiger partial charge in [0.05, 0.1) is 0 Å². The van der Waals surface area contributed by atoms with Gasteiger partial charge in [0.2, 0.25) is 0 Å². The molecule has 0 saturated carbocycles. The molecule has 0 spiro atoms. The molecule has 5 heteroatoms. The maximum atomic E-state index is 12.3. The van der Waals surface area contributed by atoms with Crippen molar-refractivity contribution in [1.29, 1.82) is 0 Å². The molecule has 0 atom stereocenters. The van der Waals surface area contributed by atoms with E-state index in [2.05, 4.69) is 10.4 Å². The number of aromatic nitrogens is 2. The van der Waals surface area contributed by atoms with Gasteiger partial charge in [0.1, 0.15) is 5.69 Å². The molecule has 5 nitrogen and oxygen atoms in total. The minimum absolute atomic E-state index is 0.0556. The van der Waals surface area contributed by atoms with Gasteiger partial charge >= 0.3 is 0 Å². The number of rotatable bonds is 3. The van der Waals surface area contributed by atoms with E-state index in [1.807, 2.05) is 25.1 Å². The Kier molecular flexibility index (Phi) is 3.78. The molecular formula is C12H20N4O. The Labute approximate surface area is 102 Å². The largest absolute Gasteiger partial charge is 0.334 e. The summed E-state index contributed by atoms with van der Waals surface area (Å²) in [6.45, 7) is 4.77. The normalized spacial score (nSPS) is 17.1. The van der Waals surface area contributed by atoms with E-state index in [0.717, 1.165) is 32.5 Å². The summed E-state index contributed by atoms with van der Waals surface area (Å²) >= 11 is 0. The summed E-state index contributed by atoms with van der Waals surface area (Å²) in [6, 6.07) is 2.14. The highest BCUT2D eigenvalue weighted by atomic mass is 16.2. The zero-order valence-corrected chi connectivity index (χ0v) is 10.5. The minimum Gasteiger partial charge on any atom is -0.334 e. The number of nitrogens with one attached hydrogen (secondary N) is 1. The molecule has 1 aromatic heterocycles. The fourth-order valence-electron chi connectivity index (χ4n) is 2.36. The van der Waals surface area contributed by atoms with Gasteiger partial charge in [0.15, 0.2) is 0 Å². The van der Waals surface area contributed by atoms with Crippen LogP contribution in [0.5, 0.6) is 0 Å². The molecule has 1 aromatic rings. The van der Waals surface area contributed by atoms with Gasteiger partial charge in [0, 0.05) is 25.8 Å². The summed E-state index contributed by atoms with van der Waals surface area (Å²) < 4.78 is 1.67. The molecule has 0 aromatic carbocycles. The van der Waals surface area contributed by atoms with Crippen molar-refractivity contribution in [3.05, 3.63) is 18.0 Å². The van der Waals surface area contributed by atoms with Gasteiger partial charge in [-0.2, -0.15) is 5.10 Å². The number of hydrogen-bond donors (Lipinski definition) is 1. The molecule has 0 aliphatic carbocycles. The van der Waals surface area contributed by atoms with E-state index in [-0.39, 0.29) is 5.91 Å². The Hall–Kier alpha value is -1.36. The maximum Gasteiger partial charge on any atom is 0.274 e. The van der Waals surface area contributed by atoms with Crippen molar-refractivity contribution in [3.8, 4) is 0 Å². The van der Waals surface area contributed by atoms with Gasteiger partial charge in [-0.15, -0.1) is 0 Å². The Morgan fingerprint density at radius 2 is 2.29 bits per heavy atom. The molecule has 2 heterocycles. The predicted octanol–water partition coefficient (Wildman–Crippen LogP) is 0.634. The summed E-state index contributed by atoms with van der Waals surface area (Å²) in [5, 5.41) is 7.50. The van der Waals surface area contributed by atoms with Crippen LogP contribution in [0.15, 0.2) is 12.3 Å². The van der Waals surface area contributed by atoms with Crippen LogP contribution in [0.2, 0.25) is 0 Å². The number of carbonyl (C=O) groups is 1. The van der Waals surface area contributed by atoms with Gasteiger partial charge < -0.3 is 10.2 Å². The molecule has 94 valence electrons. The third-order valence-electron chi connectivity index (χ3n) is 3.28. The van der Waals surface area contributed by atoms with Gasteiger partial charge in [-0.05, 0) is 38.9 Å². The molecular weight excluding hydrogens is 216 g/mol. The monoisotopic (exact) mass is 236 g/mol. The number of amides is 1. The first kappa shape index (κ1) is 12.1. The highest BCUT2D eigenvalue weighted by molar-refractivity contribution is 5.92. The smallest absolute Gasteiger partial charge is 0.274 e. The molecule has 1 amide bonds. The second-order valence-corrected chi connectivity index (χ2v) is 4.45. The SMILES string of the molecule is CCN(C(=O)c1ccn(C)n1)C1CCNCC1. The highest BCUT2D eigenvalue weighted by Gasteiger charge is 2.25. The lowest BCUT2D eigenvalue weighted by atomic mass is 10.0. The second kappa shape index (κ2) is 5.31. The van der Waals surface area contributed by atoms with Crippen molar-refractivity contribution in [2.45, 2.75) is 25.8 Å². The number of aryl methyl sites for hydroxylation is 1. The van der Waals surface area contributed by atoms with Crippen LogP contribution in [0.25, 0.3) is 0 Å². The topological polar surface area (TPSA) is 50.2 Å². The molecule has 1 N–H and O–H groups in total. The van der Waals surface area contributed by atoms with Crippen molar-refractivity contribution in [1.82, 2.24) is 20.0 Å². The van der Waals surface area contributed by atoms with E-state index in [9.17, 15) is 4.79 Å². The summed E-state index contributed by atoms with van der Waals surface area (Å²) in [4.78, 5) is 14.3. The third-order valence-corrected chi connectivity index (χ3v) is 3.28. The van der Waals surface area contributed by atoms with Crippen molar-refractivity contribution in [2.24, 2.45) is 7.05 Å². The molecule has 17 heavy (non-hydrogen) atoms. The summed E-state index contributed by atoms with van der Waals surface area (Å²) in [5.74, 6) is 0.0556. The number of hydrogen-bond acceptors (Lipinski definition) is 3. The van der Waals surface area contributed by atoms with Crippen LogP contribution in [0.1, 0.15) is 30.3 Å². The summed E-state index contributed by atoms with van der Waals surface area (Å²) in [5.41, 5.74) is 0.549. The molecule has 1 aliphatic rings. The maximum absolute atomic E-state index is 12.3. The first-order chi connectivity index (χ1) is 8.22. The zero-order valence-electron chi connectivity index (χ0n) is 10.5. The van der Waals surface area contributed by atoms with Crippen molar-refractivity contribution in [2.75, 3.05) is 19.6 Å². The van der Waals surface area contributed by atoms with E-state index in [1.54, 1.807) is 10.7 Å². The zero-order chi connectivity index (χ0) is 12.3. The lowest BCUT2D eigenvalue weighted by Gasteiger charge is -2.33. The van der Waals surface area contributed by atoms with Crippen LogP contribution in [0.4, 0.5) is 0 Å². The molecule has 1 saturated heterocycles. The van der Waals surface area contributed by atoms with Crippen LogP contribution >= 0.6 is 0 Å². The quantitative estimate of drug-likeness (QED) is 0.837. The van der Waals surface area contributed by atoms with Crippen molar-refractivity contribution in [3.63, 3.8) is 0 Å². The average Bonchev–Trinajstić information content (AvgIpc) is 2.78. The fraction of sp³-hybridized carbons (Fsp3) is 0.667. The molecule has 1 fully saturated rings. The van der Waals surface area contributed by atoms with Crippen LogP contribution in [0, 0.1) is 0 Å². The molecule has 0 radical (unpaired) electrons. The number of nitrogens with zero attached hydrogens (tertiary/aromatic N) is 3. The highest BCUT2D eigenvalue weighted by Crippen LogP contribution is 2.14. The van der Waals surface area contributed by atoms with Crippen molar-refractivity contribution < 1.29 is 4.79 Å². The van der Waals surface area contributed by atoms with E-state index in [4.69, 9.17) is 0 Å². The lowest BCUT2D eigenvalue weighted by molar-refractivity contribution is 0.0649. The Morgan fingerprint density at radius 3 is 2.82 bits per heavy atom.